The number of hydrogen-bond donors (Lipinski definition) is 1. The largest absolute Gasteiger partial charge is 0.507 e. The summed E-state index contributed by atoms with van der Waals surface area (Å²) in [6.45, 7) is 3.94. The lowest BCUT2D eigenvalue weighted by Crippen LogP contribution is -2.29. The third kappa shape index (κ3) is 5.03. The Labute approximate surface area is 209 Å². The Kier molecular flexibility index (Phi) is 7.12. The Morgan fingerprint density at radius 2 is 1.77 bits per heavy atom. The summed E-state index contributed by atoms with van der Waals surface area (Å²) >= 11 is 6.13. The van der Waals surface area contributed by atoms with E-state index in [1.807, 2.05) is 44.2 Å². The monoisotopic (exact) mass is 491 g/mol. The lowest BCUT2D eigenvalue weighted by atomic mass is 9.95. The van der Waals surface area contributed by atoms with E-state index in [2.05, 4.69) is 0 Å². The fourth-order valence-electron chi connectivity index (χ4n) is 4.23. The average Bonchev–Trinajstić information content (AvgIpc) is 3.08. The fourth-order valence-corrected chi connectivity index (χ4v) is 4.42. The molecular formula is C28H26ClNO5. The Balaban J connectivity index is 1.88. The van der Waals surface area contributed by atoms with Crippen LogP contribution in [0.4, 0.5) is 0 Å². The number of ketones is 1. The Hall–Kier alpha value is -3.77. The lowest BCUT2D eigenvalue weighted by molar-refractivity contribution is -0.140. The number of ether oxygens (including phenoxy) is 2. The van der Waals surface area contributed by atoms with Crippen molar-refractivity contribution >= 4 is 29.1 Å². The van der Waals surface area contributed by atoms with Crippen molar-refractivity contribution in [2.75, 3.05) is 7.11 Å². The highest BCUT2D eigenvalue weighted by atomic mass is 35.5. The molecule has 1 heterocycles. The molecule has 0 saturated carbocycles. The quantitative estimate of drug-likeness (QED) is 0.258. The smallest absolute Gasteiger partial charge is 0.295 e. The minimum Gasteiger partial charge on any atom is -0.507 e. The molecule has 6 nitrogen and oxygen atoms in total. The van der Waals surface area contributed by atoms with Crippen LogP contribution in [-0.4, -0.2) is 34.9 Å². The van der Waals surface area contributed by atoms with Crippen LogP contribution in [0.2, 0.25) is 5.02 Å². The van der Waals surface area contributed by atoms with Gasteiger partial charge in [-0.15, -0.1) is 0 Å². The molecule has 1 aliphatic rings. The van der Waals surface area contributed by atoms with Gasteiger partial charge in [0.1, 0.15) is 17.3 Å². The van der Waals surface area contributed by atoms with Crippen molar-refractivity contribution in [2.24, 2.45) is 0 Å². The van der Waals surface area contributed by atoms with Crippen LogP contribution in [0.1, 0.15) is 36.6 Å². The van der Waals surface area contributed by atoms with Crippen LogP contribution in [-0.2, 0) is 16.1 Å². The molecule has 1 aliphatic heterocycles. The zero-order chi connectivity index (χ0) is 25.1. The summed E-state index contributed by atoms with van der Waals surface area (Å²) in [5, 5.41) is 11.6. The standard InChI is InChI=1S/C28H26ClNO5/c1-17(2)35-22-12-7-9-18(15-22)25-24(26(31)19-10-6-11-21(29)14-19)27(32)28(33)30(25)16-20-8-4-5-13-23(20)34-3/h4-15,17,25,31H,16H2,1-3H3/b26-24-. The van der Waals surface area contributed by atoms with Crippen molar-refractivity contribution in [2.45, 2.75) is 32.5 Å². The maximum atomic E-state index is 13.3. The molecular weight excluding hydrogens is 466 g/mol. The summed E-state index contributed by atoms with van der Waals surface area (Å²) < 4.78 is 11.3. The van der Waals surface area contributed by atoms with Crippen LogP contribution < -0.4 is 9.47 Å². The second kappa shape index (κ2) is 10.2. The number of aliphatic hydroxyl groups is 1. The third-order valence-corrected chi connectivity index (χ3v) is 5.95. The van der Waals surface area contributed by atoms with Gasteiger partial charge < -0.3 is 19.5 Å². The summed E-state index contributed by atoms with van der Waals surface area (Å²) in [6, 6.07) is 20.2. The molecule has 1 N–H and O–H groups in total. The molecule has 7 heteroatoms. The van der Waals surface area contributed by atoms with Gasteiger partial charge in [-0.2, -0.15) is 0 Å². The highest BCUT2D eigenvalue weighted by molar-refractivity contribution is 6.46. The molecule has 0 bridgehead atoms. The van der Waals surface area contributed by atoms with E-state index in [1.165, 1.54) is 4.90 Å². The van der Waals surface area contributed by atoms with Crippen LogP contribution in [0.5, 0.6) is 11.5 Å². The Morgan fingerprint density at radius 3 is 2.49 bits per heavy atom. The number of aliphatic hydroxyl groups excluding tert-OH is 1. The predicted molar refractivity (Wildman–Crippen MR) is 134 cm³/mol. The number of likely N-dealkylation sites (tertiary alicyclic amines) is 1. The molecule has 3 aromatic rings. The number of hydrogen-bond acceptors (Lipinski definition) is 5. The van der Waals surface area contributed by atoms with Crippen molar-refractivity contribution in [1.82, 2.24) is 4.90 Å². The van der Waals surface area contributed by atoms with E-state index in [-0.39, 0.29) is 24.0 Å². The van der Waals surface area contributed by atoms with Gasteiger partial charge >= 0.3 is 0 Å². The normalized spacial score (nSPS) is 17.2. The van der Waals surface area contributed by atoms with Gasteiger partial charge in [0.2, 0.25) is 0 Å². The molecule has 4 rings (SSSR count). The van der Waals surface area contributed by atoms with E-state index in [0.29, 0.717) is 27.6 Å². The molecule has 1 saturated heterocycles. The number of Topliss-reactive ketones (excluding diaryl/α,β-unsaturated/α-hetero) is 1. The summed E-state index contributed by atoms with van der Waals surface area (Å²) in [5.74, 6) is -0.561. The highest BCUT2D eigenvalue weighted by Gasteiger charge is 2.46. The van der Waals surface area contributed by atoms with E-state index in [9.17, 15) is 14.7 Å². The number of nitrogens with zero attached hydrogens (tertiary/aromatic N) is 1. The van der Waals surface area contributed by atoms with Crippen molar-refractivity contribution < 1.29 is 24.2 Å². The zero-order valence-electron chi connectivity index (χ0n) is 19.7. The maximum absolute atomic E-state index is 13.3. The van der Waals surface area contributed by atoms with Crippen LogP contribution in [0, 0.1) is 0 Å². The second-order valence-electron chi connectivity index (χ2n) is 8.49. The minimum absolute atomic E-state index is 0.00568. The predicted octanol–water partition coefficient (Wildman–Crippen LogP) is 5.76. The first-order valence-corrected chi connectivity index (χ1v) is 11.6. The fraction of sp³-hybridized carbons (Fsp3) is 0.214. The topological polar surface area (TPSA) is 76.1 Å². The van der Waals surface area contributed by atoms with Gasteiger partial charge in [0.25, 0.3) is 11.7 Å². The van der Waals surface area contributed by atoms with E-state index >= 15 is 0 Å². The van der Waals surface area contributed by atoms with Crippen molar-refractivity contribution in [3.05, 3.63) is 100 Å². The first kappa shape index (κ1) is 24.4. The molecule has 35 heavy (non-hydrogen) atoms. The van der Waals surface area contributed by atoms with Crippen LogP contribution in [0.25, 0.3) is 5.76 Å². The first-order valence-electron chi connectivity index (χ1n) is 11.2. The van der Waals surface area contributed by atoms with Crippen molar-refractivity contribution in [3.8, 4) is 11.5 Å². The van der Waals surface area contributed by atoms with Gasteiger partial charge in [-0.25, -0.2) is 0 Å². The third-order valence-electron chi connectivity index (χ3n) is 5.72. The van der Waals surface area contributed by atoms with Gasteiger partial charge in [0, 0.05) is 16.1 Å². The second-order valence-corrected chi connectivity index (χ2v) is 8.92. The summed E-state index contributed by atoms with van der Waals surface area (Å²) in [5.41, 5.74) is 1.72. The van der Waals surface area contributed by atoms with Crippen LogP contribution in [0.3, 0.4) is 0 Å². The molecule has 0 aliphatic carbocycles. The number of methoxy groups -OCH3 is 1. The number of benzene rings is 3. The zero-order valence-corrected chi connectivity index (χ0v) is 20.5. The summed E-state index contributed by atoms with van der Waals surface area (Å²) in [7, 11) is 1.55. The van der Waals surface area contributed by atoms with Crippen molar-refractivity contribution in [1.29, 1.82) is 0 Å². The molecule has 0 radical (unpaired) electrons. The molecule has 0 spiro atoms. The maximum Gasteiger partial charge on any atom is 0.295 e. The van der Waals surface area contributed by atoms with E-state index < -0.39 is 17.7 Å². The van der Waals surface area contributed by atoms with E-state index in [1.54, 1.807) is 49.6 Å². The lowest BCUT2D eigenvalue weighted by Gasteiger charge is -2.26. The number of halogens is 1. The number of amides is 1. The van der Waals surface area contributed by atoms with Gasteiger partial charge in [0.15, 0.2) is 0 Å². The van der Waals surface area contributed by atoms with Gasteiger partial charge in [0.05, 0.1) is 31.4 Å². The van der Waals surface area contributed by atoms with Crippen LogP contribution >= 0.6 is 11.6 Å². The first-order chi connectivity index (χ1) is 16.8. The van der Waals surface area contributed by atoms with Crippen LogP contribution in [0.15, 0.2) is 78.4 Å². The molecule has 1 fully saturated rings. The Morgan fingerprint density at radius 1 is 1.03 bits per heavy atom. The molecule has 1 atom stereocenters. The number of para-hydroxylation sites is 1. The molecule has 1 unspecified atom stereocenters. The number of carbonyl (C=O) groups is 2. The van der Waals surface area contributed by atoms with Crippen molar-refractivity contribution in [3.63, 3.8) is 0 Å². The van der Waals surface area contributed by atoms with Gasteiger partial charge in [-0.05, 0) is 49.7 Å². The van der Waals surface area contributed by atoms with E-state index in [4.69, 9.17) is 21.1 Å². The molecule has 1 amide bonds. The summed E-state index contributed by atoms with van der Waals surface area (Å²) in [6.07, 6.45) is -0.0587. The summed E-state index contributed by atoms with van der Waals surface area (Å²) in [4.78, 5) is 28.1. The van der Waals surface area contributed by atoms with Gasteiger partial charge in [-0.1, -0.05) is 54.1 Å². The Bertz CT molecular complexity index is 1300. The minimum atomic E-state index is -0.838. The average molecular weight is 492 g/mol. The van der Waals surface area contributed by atoms with E-state index in [0.717, 1.165) is 5.56 Å². The SMILES string of the molecule is COc1ccccc1CN1C(=O)C(=O)/C(=C(\O)c2cccc(Cl)c2)C1c1cccc(OC(C)C)c1. The van der Waals surface area contributed by atoms with Gasteiger partial charge in [-0.3, -0.25) is 9.59 Å². The molecule has 0 aromatic heterocycles. The molecule has 180 valence electrons. The molecule has 3 aromatic carbocycles. The highest BCUT2D eigenvalue weighted by Crippen LogP contribution is 2.42. The number of carbonyl (C=O) groups excluding carboxylic acids is 2. The number of rotatable bonds is 7.